The van der Waals surface area contributed by atoms with Crippen LogP contribution >= 0.6 is 15.9 Å². The summed E-state index contributed by atoms with van der Waals surface area (Å²) in [4.78, 5) is 0. The summed E-state index contributed by atoms with van der Waals surface area (Å²) >= 11 is 3.67. The van der Waals surface area contributed by atoms with E-state index in [9.17, 15) is 0 Å². The van der Waals surface area contributed by atoms with Crippen LogP contribution in [0, 0.1) is 5.92 Å². The largest absolute Gasteiger partial charge is 0.381 e. The molecule has 114 valence electrons. The van der Waals surface area contributed by atoms with Crippen LogP contribution in [0.3, 0.4) is 0 Å². The highest BCUT2D eigenvalue weighted by Crippen LogP contribution is 2.27. The molecular formula is C17H28BrNO. The number of rotatable bonds is 10. The molecule has 0 amide bonds. The minimum Gasteiger partial charge on any atom is -0.381 e. The molecule has 1 aromatic rings. The van der Waals surface area contributed by atoms with Crippen LogP contribution in [0.4, 0.5) is 0 Å². The van der Waals surface area contributed by atoms with Crippen LogP contribution in [0.5, 0.6) is 0 Å². The molecule has 3 heteroatoms. The molecule has 1 aromatic carbocycles. The second-order valence-electron chi connectivity index (χ2n) is 5.67. The van der Waals surface area contributed by atoms with E-state index in [0.29, 0.717) is 11.8 Å². The van der Waals surface area contributed by atoms with E-state index < -0.39 is 0 Å². The van der Waals surface area contributed by atoms with Gasteiger partial charge >= 0.3 is 0 Å². The van der Waals surface area contributed by atoms with Gasteiger partial charge in [0, 0.05) is 24.2 Å². The van der Waals surface area contributed by atoms with E-state index in [4.69, 9.17) is 4.74 Å². The Hall–Kier alpha value is -0.380. The van der Waals surface area contributed by atoms with Gasteiger partial charge in [-0.15, -0.1) is 0 Å². The highest BCUT2D eigenvalue weighted by Gasteiger charge is 2.14. The van der Waals surface area contributed by atoms with Crippen molar-refractivity contribution in [2.75, 3.05) is 26.3 Å². The molecule has 0 fully saturated rings. The number of hydrogen-bond donors (Lipinski definition) is 1. The smallest absolute Gasteiger partial charge is 0.0472 e. The third-order valence-corrected chi connectivity index (χ3v) is 3.97. The zero-order chi connectivity index (χ0) is 14.8. The molecule has 20 heavy (non-hydrogen) atoms. The molecule has 0 aliphatic heterocycles. The Bertz CT molecular complexity index is 368. The average Bonchev–Trinajstić information content (AvgIpc) is 2.42. The molecular weight excluding hydrogens is 314 g/mol. The molecule has 2 nitrogen and oxygen atoms in total. The van der Waals surface area contributed by atoms with E-state index >= 15 is 0 Å². The Balaban J connectivity index is 2.56. The summed E-state index contributed by atoms with van der Waals surface area (Å²) in [6, 6.07) is 8.52. The zero-order valence-corrected chi connectivity index (χ0v) is 14.6. The number of halogens is 1. The topological polar surface area (TPSA) is 21.3 Å². The standard InChI is InChI=1S/C17H28BrNO/c1-4-10-20-11-9-15(13-19-12-14(2)3)16-7-5-6-8-17(16)18/h5-8,14-15,19H,4,9-13H2,1-3H3. The Labute approximate surface area is 132 Å². The molecule has 0 saturated heterocycles. The van der Waals surface area contributed by atoms with Crippen molar-refractivity contribution in [3.05, 3.63) is 34.3 Å². The van der Waals surface area contributed by atoms with Gasteiger partial charge in [0.15, 0.2) is 0 Å². The highest BCUT2D eigenvalue weighted by atomic mass is 79.9. The monoisotopic (exact) mass is 341 g/mol. The van der Waals surface area contributed by atoms with E-state index in [2.05, 4.69) is 66.3 Å². The van der Waals surface area contributed by atoms with Crippen molar-refractivity contribution >= 4 is 15.9 Å². The van der Waals surface area contributed by atoms with Gasteiger partial charge in [-0.1, -0.05) is 54.9 Å². The summed E-state index contributed by atoms with van der Waals surface area (Å²) in [6.45, 7) is 10.4. The molecule has 1 rings (SSSR count). The molecule has 0 heterocycles. The second kappa shape index (κ2) is 10.4. The van der Waals surface area contributed by atoms with E-state index in [0.717, 1.165) is 39.1 Å². The summed E-state index contributed by atoms with van der Waals surface area (Å²) in [6.07, 6.45) is 2.15. The van der Waals surface area contributed by atoms with Crippen LogP contribution < -0.4 is 5.32 Å². The summed E-state index contributed by atoms with van der Waals surface area (Å²) in [7, 11) is 0. The van der Waals surface area contributed by atoms with Gasteiger partial charge in [0.2, 0.25) is 0 Å². The van der Waals surface area contributed by atoms with Gasteiger partial charge in [0.1, 0.15) is 0 Å². The first-order chi connectivity index (χ1) is 9.65. The van der Waals surface area contributed by atoms with Gasteiger partial charge in [-0.25, -0.2) is 0 Å². The fourth-order valence-electron chi connectivity index (χ4n) is 2.19. The van der Waals surface area contributed by atoms with Crippen LogP contribution in [-0.4, -0.2) is 26.3 Å². The lowest BCUT2D eigenvalue weighted by atomic mass is 9.96. The van der Waals surface area contributed by atoms with Crippen LogP contribution in [0.25, 0.3) is 0 Å². The quantitative estimate of drug-likeness (QED) is 0.628. The van der Waals surface area contributed by atoms with E-state index in [1.165, 1.54) is 10.0 Å². The maximum Gasteiger partial charge on any atom is 0.0472 e. The van der Waals surface area contributed by atoms with Gasteiger partial charge in [0.05, 0.1) is 0 Å². The summed E-state index contributed by atoms with van der Waals surface area (Å²) in [5.41, 5.74) is 1.38. The van der Waals surface area contributed by atoms with Crippen LogP contribution in [-0.2, 0) is 4.74 Å². The molecule has 1 unspecified atom stereocenters. The Morgan fingerprint density at radius 2 is 1.90 bits per heavy atom. The zero-order valence-electron chi connectivity index (χ0n) is 13.0. The van der Waals surface area contributed by atoms with Crippen molar-refractivity contribution in [3.8, 4) is 0 Å². The Morgan fingerprint density at radius 3 is 2.55 bits per heavy atom. The van der Waals surface area contributed by atoms with Gasteiger partial charge in [-0.3, -0.25) is 0 Å². The van der Waals surface area contributed by atoms with E-state index in [-0.39, 0.29) is 0 Å². The normalized spacial score (nSPS) is 12.8. The first-order valence-corrected chi connectivity index (χ1v) is 8.47. The fourth-order valence-corrected chi connectivity index (χ4v) is 2.80. The molecule has 1 N–H and O–H groups in total. The van der Waals surface area contributed by atoms with E-state index in [1.807, 2.05) is 0 Å². The molecule has 0 radical (unpaired) electrons. The van der Waals surface area contributed by atoms with Crippen molar-refractivity contribution < 1.29 is 4.74 Å². The van der Waals surface area contributed by atoms with Crippen molar-refractivity contribution in [1.82, 2.24) is 5.32 Å². The van der Waals surface area contributed by atoms with Crippen LogP contribution in [0.2, 0.25) is 0 Å². The SMILES string of the molecule is CCCOCCC(CNCC(C)C)c1ccccc1Br. The lowest BCUT2D eigenvalue weighted by Crippen LogP contribution is -2.26. The fraction of sp³-hybridized carbons (Fsp3) is 0.647. The predicted molar refractivity (Wildman–Crippen MR) is 90.3 cm³/mol. The molecule has 0 spiro atoms. The molecule has 1 atom stereocenters. The van der Waals surface area contributed by atoms with Gasteiger partial charge in [-0.2, -0.15) is 0 Å². The first kappa shape index (κ1) is 17.7. The van der Waals surface area contributed by atoms with Gasteiger partial charge in [-0.05, 0) is 42.9 Å². The van der Waals surface area contributed by atoms with Crippen molar-refractivity contribution in [2.24, 2.45) is 5.92 Å². The highest BCUT2D eigenvalue weighted by molar-refractivity contribution is 9.10. The van der Waals surface area contributed by atoms with Crippen molar-refractivity contribution in [1.29, 1.82) is 0 Å². The maximum absolute atomic E-state index is 5.66. The van der Waals surface area contributed by atoms with Crippen molar-refractivity contribution in [2.45, 2.75) is 39.5 Å². The van der Waals surface area contributed by atoms with Crippen LogP contribution in [0.1, 0.15) is 45.1 Å². The Kier molecular flexibility index (Phi) is 9.16. The number of ether oxygens (including phenoxy) is 1. The summed E-state index contributed by atoms with van der Waals surface area (Å²) < 4.78 is 6.86. The summed E-state index contributed by atoms with van der Waals surface area (Å²) in [5.74, 6) is 1.19. The summed E-state index contributed by atoms with van der Waals surface area (Å²) in [5, 5.41) is 3.58. The minimum absolute atomic E-state index is 0.501. The molecule has 0 bridgehead atoms. The lowest BCUT2D eigenvalue weighted by Gasteiger charge is -2.20. The molecule has 0 aliphatic rings. The van der Waals surface area contributed by atoms with Crippen LogP contribution in [0.15, 0.2) is 28.7 Å². The number of benzene rings is 1. The molecule has 0 aliphatic carbocycles. The average molecular weight is 342 g/mol. The third kappa shape index (κ3) is 6.87. The first-order valence-electron chi connectivity index (χ1n) is 7.68. The third-order valence-electron chi connectivity index (χ3n) is 3.25. The van der Waals surface area contributed by atoms with E-state index in [1.54, 1.807) is 0 Å². The van der Waals surface area contributed by atoms with Crippen molar-refractivity contribution in [3.63, 3.8) is 0 Å². The maximum atomic E-state index is 5.66. The molecule has 0 saturated carbocycles. The lowest BCUT2D eigenvalue weighted by molar-refractivity contribution is 0.127. The molecule has 0 aromatic heterocycles. The second-order valence-corrected chi connectivity index (χ2v) is 6.53. The number of nitrogens with one attached hydrogen (secondary N) is 1. The minimum atomic E-state index is 0.501. The Morgan fingerprint density at radius 1 is 1.15 bits per heavy atom. The predicted octanol–water partition coefficient (Wildman–Crippen LogP) is 4.60. The number of hydrogen-bond acceptors (Lipinski definition) is 2. The van der Waals surface area contributed by atoms with Gasteiger partial charge in [0.25, 0.3) is 0 Å². The van der Waals surface area contributed by atoms with Gasteiger partial charge < -0.3 is 10.1 Å².